The lowest BCUT2D eigenvalue weighted by atomic mass is 10.0. The molecule has 0 spiro atoms. The quantitative estimate of drug-likeness (QED) is 0.843. The van der Waals surface area contributed by atoms with Gasteiger partial charge in [0.25, 0.3) is 0 Å². The molecule has 1 aromatic rings. The lowest BCUT2D eigenvalue weighted by molar-refractivity contribution is -0.113. The average Bonchev–Trinajstić information content (AvgIpc) is 2.53. The molecular formula is C18H28N2O3S2. The van der Waals surface area contributed by atoms with E-state index < -0.39 is 10.0 Å². The number of nitrogens with one attached hydrogen (secondary N) is 1. The normalized spacial score (nSPS) is 19.6. The Morgan fingerprint density at radius 3 is 2.48 bits per heavy atom. The summed E-state index contributed by atoms with van der Waals surface area (Å²) in [5, 5.41) is 2.81. The number of benzene rings is 1. The van der Waals surface area contributed by atoms with Gasteiger partial charge in [-0.25, -0.2) is 8.42 Å². The molecule has 0 aliphatic carbocycles. The molecule has 0 bridgehead atoms. The second-order valence-corrected chi connectivity index (χ2v) is 11.3. The third kappa shape index (κ3) is 6.01. The lowest BCUT2D eigenvalue weighted by Crippen LogP contribution is -2.39. The number of sulfonamides is 1. The Morgan fingerprint density at radius 2 is 1.92 bits per heavy atom. The van der Waals surface area contributed by atoms with Crippen LogP contribution in [-0.4, -0.2) is 42.2 Å². The Morgan fingerprint density at radius 1 is 1.28 bits per heavy atom. The van der Waals surface area contributed by atoms with Crippen LogP contribution in [0.5, 0.6) is 0 Å². The van der Waals surface area contributed by atoms with Crippen molar-refractivity contribution in [1.82, 2.24) is 4.31 Å². The first kappa shape index (κ1) is 20.3. The zero-order valence-electron chi connectivity index (χ0n) is 15.4. The van der Waals surface area contributed by atoms with E-state index in [1.807, 2.05) is 0 Å². The van der Waals surface area contributed by atoms with Gasteiger partial charge in [0.15, 0.2) is 0 Å². The average molecular weight is 385 g/mol. The second kappa shape index (κ2) is 8.10. The van der Waals surface area contributed by atoms with Gasteiger partial charge in [0, 0.05) is 23.5 Å². The van der Waals surface area contributed by atoms with Crippen molar-refractivity contribution < 1.29 is 13.2 Å². The maximum atomic E-state index is 12.7. The van der Waals surface area contributed by atoms with Gasteiger partial charge in [-0.1, -0.05) is 27.7 Å². The molecule has 7 heteroatoms. The van der Waals surface area contributed by atoms with E-state index in [-0.39, 0.29) is 15.5 Å². The van der Waals surface area contributed by atoms with E-state index in [2.05, 4.69) is 33.0 Å². The summed E-state index contributed by atoms with van der Waals surface area (Å²) in [5.74, 6) is 0.678. The SMILES string of the molecule is CC1CCCN(S(=O)(=O)c2ccc(NC(=O)CSC(C)(C)C)cc2)C1. The van der Waals surface area contributed by atoms with Crippen LogP contribution in [0.4, 0.5) is 5.69 Å². The Balaban J connectivity index is 2.00. The Kier molecular flexibility index (Phi) is 6.56. The molecule has 2 rings (SSSR count). The summed E-state index contributed by atoms with van der Waals surface area (Å²) in [6, 6.07) is 6.45. The van der Waals surface area contributed by atoms with Crippen molar-refractivity contribution in [2.45, 2.75) is 50.2 Å². The summed E-state index contributed by atoms with van der Waals surface area (Å²) >= 11 is 1.57. The molecule has 1 N–H and O–H groups in total. The van der Waals surface area contributed by atoms with Crippen LogP contribution in [0.2, 0.25) is 0 Å². The van der Waals surface area contributed by atoms with Gasteiger partial charge in [0.2, 0.25) is 15.9 Å². The van der Waals surface area contributed by atoms with Gasteiger partial charge < -0.3 is 5.32 Å². The smallest absolute Gasteiger partial charge is 0.243 e. The second-order valence-electron chi connectivity index (χ2n) is 7.58. The zero-order chi connectivity index (χ0) is 18.7. The maximum absolute atomic E-state index is 12.7. The summed E-state index contributed by atoms with van der Waals surface area (Å²) in [6.07, 6.45) is 1.98. The summed E-state index contributed by atoms with van der Waals surface area (Å²) in [6.45, 7) is 9.42. The fraction of sp³-hybridized carbons (Fsp3) is 0.611. The van der Waals surface area contributed by atoms with Crippen LogP contribution in [0.25, 0.3) is 0 Å². The summed E-state index contributed by atoms with van der Waals surface area (Å²) in [4.78, 5) is 12.2. The van der Waals surface area contributed by atoms with Crippen LogP contribution in [0.3, 0.4) is 0 Å². The fourth-order valence-corrected chi connectivity index (χ4v) is 4.94. The number of anilines is 1. The number of hydrogen-bond donors (Lipinski definition) is 1. The van der Waals surface area contributed by atoms with E-state index in [1.54, 1.807) is 40.3 Å². The minimum Gasteiger partial charge on any atom is -0.325 e. The van der Waals surface area contributed by atoms with Crippen LogP contribution >= 0.6 is 11.8 Å². The molecule has 1 aromatic carbocycles. The van der Waals surface area contributed by atoms with E-state index in [1.165, 1.54) is 0 Å². The minimum absolute atomic E-state index is 0.0286. The van der Waals surface area contributed by atoms with Crippen molar-refractivity contribution in [2.24, 2.45) is 5.92 Å². The van der Waals surface area contributed by atoms with Gasteiger partial charge in [0.1, 0.15) is 0 Å². The third-order valence-electron chi connectivity index (χ3n) is 4.03. The number of piperidine rings is 1. The van der Waals surface area contributed by atoms with Crippen molar-refractivity contribution in [2.75, 3.05) is 24.2 Å². The van der Waals surface area contributed by atoms with Crippen molar-refractivity contribution in [3.8, 4) is 0 Å². The van der Waals surface area contributed by atoms with E-state index in [9.17, 15) is 13.2 Å². The van der Waals surface area contributed by atoms with Crippen molar-refractivity contribution in [1.29, 1.82) is 0 Å². The number of carbonyl (C=O) groups excluding carboxylic acids is 1. The van der Waals surface area contributed by atoms with E-state index in [0.717, 1.165) is 12.8 Å². The largest absolute Gasteiger partial charge is 0.325 e. The van der Waals surface area contributed by atoms with Gasteiger partial charge >= 0.3 is 0 Å². The number of hydrogen-bond acceptors (Lipinski definition) is 4. The molecule has 1 aliphatic rings. The van der Waals surface area contributed by atoms with Crippen molar-refractivity contribution in [3.05, 3.63) is 24.3 Å². The Labute approximate surface area is 155 Å². The molecule has 0 radical (unpaired) electrons. The van der Waals surface area contributed by atoms with E-state index in [4.69, 9.17) is 0 Å². The van der Waals surface area contributed by atoms with Crippen LogP contribution in [0.1, 0.15) is 40.5 Å². The number of carbonyl (C=O) groups is 1. The van der Waals surface area contributed by atoms with Crippen LogP contribution in [0, 0.1) is 5.92 Å². The number of thioether (sulfide) groups is 1. The Bertz CT molecular complexity index is 694. The highest BCUT2D eigenvalue weighted by Gasteiger charge is 2.28. The molecule has 25 heavy (non-hydrogen) atoms. The third-order valence-corrected chi connectivity index (χ3v) is 7.18. The molecule has 0 aromatic heterocycles. The highest BCUT2D eigenvalue weighted by atomic mass is 32.2. The van der Waals surface area contributed by atoms with Crippen LogP contribution in [0.15, 0.2) is 29.2 Å². The minimum atomic E-state index is -3.45. The number of rotatable bonds is 5. The molecule has 140 valence electrons. The molecular weight excluding hydrogens is 356 g/mol. The van der Waals surface area contributed by atoms with Crippen molar-refractivity contribution in [3.63, 3.8) is 0 Å². The van der Waals surface area contributed by atoms with Gasteiger partial charge in [-0.05, 0) is 43.0 Å². The summed E-state index contributed by atoms with van der Waals surface area (Å²) in [7, 11) is -3.45. The van der Waals surface area contributed by atoms with Crippen LogP contribution in [-0.2, 0) is 14.8 Å². The first-order valence-electron chi connectivity index (χ1n) is 8.62. The number of amides is 1. The molecule has 1 aliphatic heterocycles. The predicted molar refractivity (Wildman–Crippen MR) is 104 cm³/mol. The van der Waals surface area contributed by atoms with Gasteiger partial charge in [-0.3, -0.25) is 4.79 Å². The van der Waals surface area contributed by atoms with Gasteiger partial charge in [0.05, 0.1) is 10.6 Å². The van der Waals surface area contributed by atoms with E-state index in [0.29, 0.717) is 30.4 Å². The molecule has 1 heterocycles. The lowest BCUT2D eigenvalue weighted by Gasteiger charge is -2.30. The monoisotopic (exact) mass is 384 g/mol. The molecule has 5 nitrogen and oxygen atoms in total. The highest BCUT2D eigenvalue weighted by Crippen LogP contribution is 2.25. The molecule has 0 saturated carbocycles. The fourth-order valence-electron chi connectivity index (χ4n) is 2.70. The number of nitrogens with zero attached hydrogens (tertiary/aromatic N) is 1. The zero-order valence-corrected chi connectivity index (χ0v) is 17.0. The summed E-state index contributed by atoms with van der Waals surface area (Å²) in [5.41, 5.74) is 0.616. The van der Waals surface area contributed by atoms with Crippen LogP contribution < -0.4 is 5.32 Å². The first-order chi connectivity index (χ1) is 11.6. The van der Waals surface area contributed by atoms with Crippen molar-refractivity contribution >= 4 is 33.4 Å². The molecule has 1 amide bonds. The first-order valence-corrected chi connectivity index (χ1v) is 11.0. The topological polar surface area (TPSA) is 66.5 Å². The molecule has 1 saturated heterocycles. The molecule has 1 atom stereocenters. The van der Waals surface area contributed by atoms with Gasteiger partial charge in [-0.2, -0.15) is 4.31 Å². The standard InChI is InChI=1S/C18H28N2O3S2/c1-14-6-5-11-20(12-14)25(22,23)16-9-7-15(8-10-16)19-17(21)13-24-18(2,3)4/h7-10,14H,5-6,11-13H2,1-4H3,(H,19,21). The highest BCUT2D eigenvalue weighted by molar-refractivity contribution is 8.01. The summed E-state index contributed by atoms with van der Waals surface area (Å²) < 4.78 is 27.0. The maximum Gasteiger partial charge on any atom is 0.243 e. The van der Waals surface area contributed by atoms with E-state index >= 15 is 0 Å². The predicted octanol–water partition coefficient (Wildman–Crippen LogP) is 3.58. The van der Waals surface area contributed by atoms with Gasteiger partial charge in [-0.15, -0.1) is 11.8 Å². The molecule has 1 fully saturated rings. The molecule has 1 unspecified atom stereocenters. The Hall–Kier alpha value is -1.05.